The molecule has 3 fully saturated rings. The number of hydrogen-bond donors (Lipinski definition) is 0. The van der Waals surface area contributed by atoms with Gasteiger partial charge in [-0.2, -0.15) is 0 Å². The Bertz CT molecular complexity index is 404. The van der Waals surface area contributed by atoms with E-state index in [2.05, 4.69) is 33.8 Å². The Hall–Kier alpha value is -0.450. The van der Waals surface area contributed by atoms with Gasteiger partial charge in [0, 0.05) is 58.4 Å². The highest BCUT2D eigenvalue weighted by atomic mass is 18.2. The lowest BCUT2D eigenvalue weighted by molar-refractivity contribution is 0.0922. The molecule has 3 aliphatic heterocycles. The number of hydrogen-bond acceptors (Lipinski definition) is 3. The van der Waals surface area contributed by atoms with Crippen molar-refractivity contribution in [3.63, 3.8) is 0 Å². The van der Waals surface area contributed by atoms with Crippen LogP contribution in [0.25, 0.3) is 0 Å². The lowest BCUT2D eigenvalue weighted by atomic mass is 10.1. The molecule has 4 heteroatoms. The summed E-state index contributed by atoms with van der Waals surface area (Å²) < 4.78 is 14.8. The molecule has 24 heavy (non-hydrogen) atoms. The van der Waals surface area contributed by atoms with E-state index in [1.807, 2.05) is 0 Å². The fraction of sp³-hybridized carbons (Fsp3) is 0.900. The van der Waals surface area contributed by atoms with Crippen LogP contribution in [-0.4, -0.2) is 78.8 Å². The Morgan fingerprint density at radius 1 is 0.875 bits per heavy atom. The fourth-order valence-corrected chi connectivity index (χ4v) is 4.68. The molecule has 0 aromatic carbocycles. The molecule has 4 aliphatic rings. The second kappa shape index (κ2) is 8.77. The zero-order valence-electron chi connectivity index (χ0n) is 15.6. The maximum absolute atomic E-state index is 14.8. The first kappa shape index (κ1) is 18.3. The minimum atomic E-state index is -0.989. The third-order valence-electron chi connectivity index (χ3n) is 6.05. The highest BCUT2D eigenvalue weighted by molar-refractivity contribution is 4.99. The van der Waals surface area contributed by atoms with E-state index in [0.717, 1.165) is 39.1 Å². The average molecular weight is 337 g/mol. The first-order valence-electron chi connectivity index (χ1n) is 10.2. The minimum absolute atomic E-state index is 0.565. The molecule has 3 nitrogen and oxygen atoms in total. The summed E-state index contributed by atoms with van der Waals surface area (Å²) in [7, 11) is 0. The van der Waals surface area contributed by atoms with Crippen LogP contribution in [0.2, 0.25) is 0 Å². The minimum Gasteiger partial charge on any atom is -0.298 e. The average Bonchev–Trinajstić information content (AvgIpc) is 2.83. The highest BCUT2D eigenvalue weighted by Gasteiger charge is 2.44. The van der Waals surface area contributed by atoms with E-state index >= 15 is 0 Å². The summed E-state index contributed by atoms with van der Waals surface area (Å²) in [5, 5.41) is 0. The topological polar surface area (TPSA) is 9.72 Å². The van der Waals surface area contributed by atoms with Gasteiger partial charge in [-0.15, -0.1) is 0 Å². The molecule has 4 rings (SSSR count). The predicted octanol–water partition coefficient (Wildman–Crippen LogP) is 3.32. The third-order valence-corrected chi connectivity index (χ3v) is 6.05. The molecule has 0 aromatic rings. The van der Waals surface area contributed by atoms with Gasteiger partial charge in [-0.3, -0.25) is 14.7 Å². The Morgan fingerprint density at radius 3 is 2.21 bits per heavy atom. The predicted molar refractivity (Wildman–Crippen MR) is 99.2 cm³/mol. The molecule has 0 N–H and O–H groups in total. The molecule has 138 valence electrons. The molecular weight excluding hydrogens is 300 g/mol. The van der Waals surface area contributed by atoms with Crippen LogP contribution >= 0.6 is 0 Å². The lowest BCUT2D eigenvalue weighted by Crippen LogP contribution is -2.46. The van der Waals surface area contributed by atoms with Gasteiger partial charge in [0.15, 0.2) is 0 Å². The molecule has 0 radical (unpaired) electrons. The van der Waals surface area contributed by atoms with Crippen LogP contribution in [0.1, 0.15) is 51.9 Å². The van der Waals surface area contributed by atoms with Gasteiger partial charge in [0.2, 0.25) is 0 Å². The van der Waals surface area contributed by atoms with E-state index in [4.69, 9.17) is 0 Å². The van der Waals surface area contributed by atoms with Crippen molar-refractivity contribution in [2.75, 3.05) is 52.4 Å². The van der Waals surface area contributed by atoms with Crippen molar-refractivity contribution in [2.45, 2.75) is 63.6 Å². The van der Waals surface area contributed by atoms with Crippen LogP contribution in [0.15, 0.2) is 12.2 Å². The first-order chi connectivity index (χ1) is 11.7. The maximum atomic E-state index is 14.8. The number of nitrogens with zero attached hydrogens (tertiary/aromatic N) is 3. The van der Waals surface area contributed by atoms with Gasteiger partial charge >= 0.3 is 0 Å². The van der Waals surface area contributed by atoms with E-state index in [9.17, 15) is 4.39 Å². The van der Waals surface area contributed by atoms with E-state index in [1.165, 1.54) is 38.5 Å². The van der Waals surface area contributed by atoms with Gasteiger partial charge < -0.3 is 0 Å². The molecule has 4 unspecified atom stereocenters. The zero-order valence-corrected chi connectivity index (χ0v) is 15.6. The summed E-state index contributed by atoms with van der Waals surface area (Å²) in [6.07, 6.45) is 14.1. The summed E-state index contributed by atoms with van der Waals surface area (Å²) in [5.74, 6) is 0. The van der Waals surface area contributed by atoms with Crippen molar-refractivity contribution in [1.29, 1.82) is 0 Å². The zero-order chi connectivity index (χ0) is 16.8. The standard InChI is InChI=1S/C12H22FN3.C8H14/c1-2-11-7-15-4-3-14-5-6-16(11)10-12(13,8-14)9-15;1-2-4-6-8-7-5-3-1/h11H,2-10H2,1H3;1-2H,3-8H2/t11?,12-;/m1./s1/i13-1;. The van der Waals surface area contributed by atoms with Crippen LogP contribution in [0, 0.1) is 0 Å². The largest absolute Gasteiger partial charge is 0.298 e. The monoisotopic (exact) mass is 336 g/mol. The molecule has 0 aromatic heterocycles. The molecule has 0 amide bonds. The van der Waals surface area contributed by atoms with Crippen molar-refractivity contribution in [3.8, 4) is 0 Å². The first-order valence-corrected chi connectivity index (χ1v) is 10.2. The van der Waals surface area contributed by atoms with Crippen LogP contribution in [0.3, 0.4) is 0 Å². The van der Waals surface area contributed by atoms with E-state index in [1.54, 1.807) is 0 Å². The number of halogens is 1. The third kappa shape index (κ3) is 5.03. The SMILES string of the molecule is C1=CCCCCCC1.CCC1CN2CCN3CCN1C[C@@]([18F])(C3)C2. The van der Waals surface area contributed by atoms with Gasteiger partial charge in [0.05, 0.1) is 0 Å². The Kier molecular flexibility index (Phi) is 6.71. The Labute approximate surface area is 147 Å². The molecule has 3 heterocycles. The van der Waals surface area contributed by atoms with Crippen LogP contribution < -0.4 is 0 Å². The van der Waals surface area contributed by atoms with Gasteiger partial charge in [0.25, 0.3) is 0 Å². The summed E-state index contributed by atoms with van der Waals surface area (Å²) in [6.45, 7) is 9.45. The summed E-state index contributed by atoms with van der Waals surface area (Å²) in [4.78, 5) is 7.06. The second-order valence-corrected chi connectivity index (χ2v) is 8.16. The number of fused-ring (bicyclic) bond motifs is 3. The Balaban J connectivity index is 0.000000179. The maximum Gasteiger partial charge on any atom is 0.148 e. The fourth-order valence-electron chi connectivity index (χ4n) is 4.68. The van der Waals surface area contributed by atoms with Crippen molar-refractivity contribution in [1.82, 2.24) is 14.7 Å². The lowest BCUT2D eigenvalue weighted by Gasteiger charge is -2.30. The van der Waals surface area contributed by atoms with Gasteiger partial charge in [0.1, 0.15) is 5.67 Å². The molecule has 3 saturated heterocycles. The van der Waals surface area contributed by atoms with Gasteiger partial charge in [-0.25, -0.2) is 4.39 Å². The van der Waals surface area contributed by atoms with E-state index in [0.29, 0.717) is 25.7 Å². The van der Waals surface area contributed by atoms with E-state index in [-0.39, 0.29) is 0 Å². The highest BCUT2D eigenvalue weighted by Crippen LogP contribution is 2.28. The van der Waals surface area contributed by atoms with E-state index < -0.39 is 5.67 Å². The molecule has 4 bridgehead atoms. The van der Waals surface area contributed by atoms with Crippen molar-refractivity contribution < 1.29 is 4.39 Å². The normalized spacial score (nSPS) is 42.1. The van der Waals surface area contributed by atoms with Crippen LogP contribution in [0.5, 0.6) is 0 Å². The number of alkyl halides is 1. The smallest absolute Gasteiger partial charge is 0.148 e. The van der Waals surface area contributed by atoms with Crippen molar-refractivity contribution in [3.05, 3.63) is 12.2 Å². The van der Waals surface area contributed by atoms with Gasteiger partial charge in [-0.1, -0.05) is 31.9 Å². The molecule has 0 saturated carbocycles. The number of allylic oxidation sites excluding steroid dienone is 2. The van der Waals surface area contributed by atoms with Crippen molar-refractivity contribution >= 4 is 0 Å². The molecule has 0 spiro atoms. The molecule has 5 atom stereocenters. The van der Waals surface area contributed by atoms with Gasteiger partial charge in [-0.05, 0) is 32.1 Å². The summed E-state index contributed by atoms with van der Waals surface area (Å²) in [6, 6.07) is 0.565. The Morgan fingerprint density at radius 2 is 1.50 bits per heavy atom. The van der Waals surface area contributed by atoms with Crippen LogP contribution in [0.4, 0.5) is 4.39 Å². The number of rotatable bonds is 1. The quantitative estimate of drug-likeness (QED) is 0.680. The van der Waals surface area contributed by atoms with Crippen LogP contribution in [-0.2, 0) is 0 Å². The van der Waals surface area contributed by atoms with Crippen molar-refractivity contribution in [2.24, 2.45) is 0 Å². The molecule has 1 aliphatic carbocycles. The molecular formula is C20H36FN3. The summed E-state index contributed by atoms with van der Waals surface area (Å²) in [5.41, 5.74) is -0.989. The second-order valence-electron chi connectivity index (χ2n) is 8.16. The summed E-state index contributed by atoms with van der Waals surface area (Å²) >= 11 is 0.